The van der Waals surface area contributed by atoms with Crippen molar-refractivity contribution < 1.29 is 5.11 Å². The first-order valence-corrected chi connectivity index (χ1v) is 5.94. The molecule has 1 aromatic rings. The standard InChI is InChI=1S/C14H20N2O/c1-3-14(2,11-17)10-16-9-13-6-4-12(8-15)5-7-13/h4-7,16-17H,3,9-11H2,1-2H3. The third kappa shape index (κ3) is 4.18. The van der Waals surface area contributed by atoms with Gasteiger partial charge in [0, 0.05) is 25.1 Å². The summed E-state index contributed by atoms with van der Waals surface area (Å²) in [4.78, 5) is 0. The van der Waals surface area contributed by atoms with Crippen LogP contribution in [-0.4, -0.2) is 18.3 Å². The molecule has 3 heteroatoms. The van der Waals surface area contributed by atoms with Crippen LogP contribution >= 0.6 is 0 Å². The second-order valence-corrected chi connectivity index (χ2v) is 4.73. The molecule has 0 spiro atoms. The summed E-state index contributed by atoms with van der Waals surface area (Å²) in [7, 11) is 0. The number of hydrogen-bond acceptors (Lipinski definition) is 3. The van der Waals surface area contributed by atoms with E-state index in [1.807, 2.05) is 24.3 Å². The number of nitriles is 1. The molecule has 2 N–H and O–H groups in total. The average Bonchev–Trinajstić information content (AvgIpc) is 2.39. The van der Waals surface area contributed by atoms with Gasteiger partial charge in [0.2, 0.25) is 0 Å². The molecule has 1 atom stereocenters. The lowest BCUT2D eigenvalue weighted by molar-refractivity contribution is 0.135. The van der Waals surface area contributed by atoms with Crippen molar-refractivity contribution in [2.45, 2.75) is 26.8 Å². The van der Waals surface area contributed by atoms with Crippen LogP contribution in [0.1, 0.15) is 31.4 Å². The minimum atomic E-state index is -0.0490. The highest BCUT2D eigenvalue weighted by molar-refractivity contribution is 5.31. The van der Waals surface area contributed by atoms with E-state index in [4.69, 9.17) is 5.26 Å². The summed E-state index contributed by atoms with van der Waals surface area (Å²) in [6.07, 6.45) is 0.948. The largest absolute Gasteiger partial charge is 0.396 e. The highest BCUT2D eigenvalue weighted by Crippen LogP contribution is 2.18. The molecule has 1 rings (SSSR count). The van der Waals surface area contributed by atoms with E-state index in [9.17, 15) is 5.11 Å². The SMILES string of the molecule is CCC(C)(CO)CNCc1ccc(C#N)cc1. The smallest absolute Gasteiger partial charge is 0.0991 e. The number of aliphatic hydroxyl groups excluding tert-OH is 1. The van der Waals surface area contributed by atoms with Crippen molar-refractivity contribution in [3.05, 3.63) is 35.4 Å². The topological polar surface area (TPSA) is 56.0 Å². The van der Waals surface area contributed by atoms with E-state index in [1.165, 1.54) is 0 Å². The minimum Gasteiger partial charge on any atom is -0.396 e. The number of rotatable bonds is 6. The van der Waals surface area contributed by atoms with Gasteiger partial charge in [0.25, 0.3) is 0 Å². The maximum Gasteiger partial charge on any atom is 0.0991 e. The van der Waals surface area contributed by atoms with Crippen LogP contribution < -0.4 is 5.32 Å². The third-order valence-corrected chi connectivity index (χ3v) is 3.20. The summed E-state index contributed by atoms with van der Waals surface area (Å²) in [5, 5.41) is 21.3. The van der Waals surface area contributed by atoms with E-state index in [-0.39, 0.29) is 12.0 Å². The van der Waals surface area contributed by atoms with Crippen molar-refractivity contribution in [3.63, 3.8) is 0 Å². The lowest BCUT2D eigenvalue weighted by Gasteiger charge is -2.25. The fourth-order valence-corrected chi connectivity index (χ4v) is 1.50. The van der Waals surface area contributed by atoms with Crippen LogP contribution in [0.4, 0.5) is 0 Å². The predicted molar refractivity (Wildman–Crippen MR) is 68.3 cm³/mol. The highest BCUT2D eigenvalue weighted by Gasteiger charge is 2.19. The monoisotopic (exact) mass is 232 g/mol. The molecule has 0 saturated carbocycles. The fraction of sp³-hybridized carbons (Fsp3) is 0.500. The van der Waals surface area contributed by atoms with E-state index < -0.39 is 0 Å². The fourth-order valence-electron chi connectivity index (χ4n) is 1.50. The normalized spacial score (nSPS) is 14.0. The van der Waals surface area contributed by atoms with Crippen LogP contribution in [0.2, 0.25) is 0 Å². The first kappa shape index (κ1) is 13.7. The van der Waals surface area contributed by atoms with Crippen molar-refractivity contribution in [2.24, 2.45) is 5.41 Å². The van der Waals surface area contributed by atoms with Gasteiger partial charge in [-0.15, -0.1) is 0 Å². The molecule has 92 valence electrons. The van der Waals surface area contributed by atoms with Crippen LogP contribution in [0.15, 0.2) is 24.3 Å². The average molecular weight is 232 g/mol. The molecule has 0 aromatic heterocycles. The Morgan fingerprint density at radius 1 is 1.35 bits per heavy atom. The van der Waals surface area contributed by atoms with Gasteiger partial charge in [-0.3, -0.25) is 0 Å². The van der Waals surface area contributed by atoms with Crippen LogP contribution in [0, 0.1) is 16.7 Å². The van der Waals surface area contributed by atoms with Crippen molar-refractivity contribution >= 4 is 0 Å². The zero-order valence-corrected chi connectivity index (χ0v) is 10.5. The molecular formula is C14H20N2O. The van der Waals surface area contributed by atoms with Crippen LogP contribution in [0.5, 0.6) is 0 Å². The highest BCUT2D eigenvalue weighted by atomic mass is 16.3. The molecule has 0 bridgehead atoms. The molecular weight excluding hydrogens is 212 g/mol. The first-order valence-electron chi connectivity index (χ1n) is 5.94. The first-order chi connectivity index (χ1) is 8.13. The second kappa shape index (κ2) is 6.39. The second-order valence-electron chi connectivity index (χ2n) is 4.73. The summed E-state index contributed by atoms with van der Waals surface area (Å²) in [6.45, 7) is 5.91. The van der Waals surface area contributed by atoms with Gasteiger partial charge < -0.3 is 10.4 Å². The molecule has 0 aliphatic heterocycles. The minimum absolute atomic E-state index is 0.0490. The number of aliphatic hydroxyl groups is 1. The van der Waals surface area contributed by atoms with E-state index >= 15 is 0 Å². The molecule has 17 heavy (non-hydrogen) atoms. The summed E-state index contributed by atoms with van der Waals surface area (Å²) in [5.41, 5.74) is 1.79. The van der Waals surface area contributed by atoms with Crippen LogP contribution in [0.3, 0.4) is 0 Å². The molecule has 0 aliphatic rings. The molecule has 0 fully saturated rings. The third-order valence-electron chi connectivity index (χ3n) is 3.20. The Hall–Kier alpha value is -1.37. The van der Waals surface area contributed by atoms with Crippen LogP contribution in [-0.2, 0) is 6.54 Å². The Morgan fingerprint density at radius 2 is 2.00 bits per heavy atom. The molecule has 1 aromatic carbocycles. The summed E-state index contributed by atoms with van der Waals surface area (Å²) >= 11 is 0. The quantitative estimate of drug-likeness (QED) is 0.789. The van der Waals surface area contributed by atoms with Gasteiger partial charge in [-0.2, -0.15) is 5.26 Å². The van der Waals surface area contributed by atoms with Crippen LogP contribution in [0.25, 0.3) is 0 Å². The maximum absolute atomic E-state index is 9.27. The Bertz CT molecular complexity index is 374. The molecule has 0 amide bonds. The van der Waals surface area contributed by atoms with Gasteiger partial charge in [0.1, 0.15) is 0 Å². The Kier molecular flexibility index (Phi) is 5.14. The molecule has 0 radical (unpaired) electrons. The van der Waals surface area contributed by atoms with Gasteiger partial charge in [0.05, 0.1) is 11.6 Å². The lowest BCUT2D eigenvalue weighted by atomic mass is 9.88. The summed E-state index contributed by atoms with van der Waals surface area (Å²) < 4.78 is 0. The van der Waals surface area contributed by atoms with E-state index in [2.05, 4.69) is 25.2 Å². The number of benzene rings is 1. The predicted octanol–water partition coefficient (Wildman–Crippen LogP) is 2.06. The molecule has 0 saturated heterocycles. The molecule has 0 aliphatic carbocycles. The summed E-state index contributed by atoms with van der Waals surface area (Å²) in [5.74, 6) is 0. The lowest BCUT2D eigenvalue weighted by Crippen LogP contribution is -2.34. The molecule has 1 unspecified atom stereocenters. The molecule has 0 heterocycles. The van der Waals surface area contributed by atoms with Crippen molar-refractivity contribution in [1.29, 1.82) is 5.26 Å². The van der Waals surface area contributed by atoms with Gasteiger partial charge in [-0.1, -0.05) is 26.0 Å². The molecule has 3 nitrogen and oxygen atoms in total. The van der Waals surface area contributed by atoms with Gasteiger partial charge in [-0.25, -0.2) is 0 Å². The maximum atomic E-state index is 9.27. The number of nitrogens with one attached hydrogen (secondary N) is 1. The van der Waals surface area contributed by atoms with E-state index in [0.29, 0.717) is 5.56 Å². The number of nitrogens with zero attached hydrogens (tertiary/aromatic N) is 1. The zero-order valence-electron chi connectivity index (χ0n) is 10.5. The zero-order chi connectivity index (χ0) is 12.7. The Balaban J connectivity index is 2.43. The van der Waals surface area contributed by atoms with Crippen molar-refractivity contribution in [1.82, 2.24) is 5.32 Å². The van der Waals surface area contributed by atoms with Crippen molar-refractivity contribution in [2.75, 3.05) is 13.2 Å². The van der Waals surface area contributed by atoms with Gasteiger partial charge in [-0.05, 0) is 24.1 Å². The number of hydrogen-bond donors (Lipinski definition) is 2. The Morgan fingerprint density at radius 3 is 2.47 bits per heavy atom. The Labute approximate surface area is 103 Å². The van der Waals surface area contributed by atoms with Gasteiger partial charge in [0.15, 0.2) is 0 Å². The van der Waals surface area contributed by atoms with E-state index in [1.54, 1.807) is 0 Å². The van der Waals surface area contributed by atoms with Crippen molar-refractivity contribution in [3.8, 4) is 6.07 Å². The summed E-state index contributed by atoms with van der Waals surface area (Å²) in [6, 6.07) is 9.65. The van der Waals surface area contributed by atoms with E-state index in [0.717, 1.165) is 25.1 Å². The van der Waals surface area contributed by atoms with Gasteiger partial charge >= 0.3 is 0 Å².